The number of Topliss-reactive ketones (excluding diaryl/α,β-unsaturated/α-hetero) is 1. The Kier molecular flexibility index (Phi) is 6.31. The van der Waals surface area contributed by atoms with Crippen molar-refractivity contribution in [3.05, 3.63) is 64.7 Å². The number of hydrogen-bond donors (Lipinski definition) is 1. The van der Waals surface area contributed by atoms with Crippen molar-refractivity contribution in [1.29, 1.82) is 0 Å². The summed E-state index contributed by atoms with van der Waals surface area (Å²) in [5, 5.41) is 2.83. The molecular weight excluding hydrogens is 342 g/mol. The number of carbonyl (C=O) groups is 3. The van der Waals surface area contributed by atoms with E-state index in [9.17, 15) is 14.4 Å². The van der Waals surface area contributed by atoms with Crippen LogP contribution in [-0.2, 0) is 9.53 Å². The van der Waals surface area contributed by atoms with Crippen LogP contribution in [0.3, 0.4) is 0 Å². The summed E-state index contributed by atoms with van der Waals surface area (Å²) < 4.78 is 5.11. The second-order valence-corrected chi connectivity index (χ2v) is 6.07. The van der Waals surface area contributed by atoms with Gasteiger partial charge in [0, 0.05) is 5.56 Å². The zero-order valence-corrected chi connectivity index (χ0v) is 14.7. The molecule has 0 aromatic heterocycles. The lowest BCUT2D eigenvalue weighted by atomic mass is 10.1. The third kappa shape index (κ3) is 5.43. The van der Waals surface area contributed by atoms with Gasteiger partial charge >= 0.3 is 5.97 Å². The van der Waals surface area contributed by atoms with E-state index in [1.807, 2.05) is 0 Å². The van der Waals surface area contributed by atoms with Gasteiger partial charge in [-0.3, -0.25) is 9.59 Å². The zero-order chi connectivity index (χ0) is 18.4. The van der Waals surface area contributed by atoms with E-state index in [0.29, 0.717) is 5.56 Å². The molecule has 130 valence electrons. The molecule has 0 atom stereocenters. The van der Waals surface area contributed by atoms with Gasteiger partial charge in [-0.25, -0.2) is 4.79 Å². The molecule has 0 radical (unpaired) electrons. The molecule has 6 heteroatoms. The maximum Gasteiger partial charge on any atom is 0.338 e. The number of hydrogen-bond acceptors (Lipinski definition) is 4. The van der Waals surface area contributed by atoms with Crippen LogP contribution in [0.25, 0.3) is 0 Å². The summed E-state index contributed by atoms with van der Waals surface area (Å²) in [4.78, 5) is 36.1. The minimum Gasteiger partial charge on any atom is -0.459 e. The van der Waals surface area contributed by atoms with Gasteiger partial charge < -0.3 is 10.1 Å². The van der Waals surface area contributed by atoms with Crippen LogP contribution in [-0.4, -0.2) is 23.8 Å². The Balaban J connectivity index is 2.07. The molecule has 0 saturated heterocycles. The fourth-order valence-corrected chi connectivity index (χ4v) is 2.26. The Bertz CT molecular complexity index is 787. The van der Waals surface area contributed by atoms with Crippen LogP contribution in [0.15, 0.2) is 48.5 Å². The largest absolute Gasteiger partial charge is 0.459 e. The number of anilines is 1. The molecule has 0 fully saturated rings. The van der Waals surface area contributed by atoms with Gasteiger partial charge in [0.15, 0.2) is 5.78 Å². The van der Waals surface area contributed by atoms with Crippen LogP contribution in [0.5, 0.6) is 0 Å². The van der Waals surface area contributed by atoms with E-state index in [1.54, 1.807) is 44.2 Å². The van der Waals surface area contributed by atoms with Gasteiger partial charge in [-0.15, -0.1) is 0 Å². The molecule has 2 aromatic rings. The molecule has 0 aliphatic carbocycles. The zero-order valence-electron chi connectivity index (χ0n) is 13.9. The van der Waals surface area contributed by atoms with Gasteiger partial charge in [0.2, 0.25) is 5.91 Å². The first-order valence-corrected chi connectivity index (χ1v) is 8.13. The Morgan fingerprint density at radius 3 is 2.36 bits per heavy atom. The molecule has 0 spiro atoms. The standard InChI is InChI=1S/C19H18ClNO4/c1-12(2)25-19(24)14-8-9-15(20)16(10-14)21-18(23)11-17(22)13-6-4-3-5-7-13/h3-10,12H,11H2,1-2H3,(H,21,23). The van der Waals surface area contributed by atoms with Gasteiger partial charge in [-0.05, 0) is 32.0 Å². The van der Waals surface area contributed by atoms with Crippen molar-refractivity contribution in [2.24, 2.45) is 0 Å². The number of nitrogens with one attached hydrogen (secondary N) is 1. The SMILES string of the molecule is CC(C)OC(=O)c1ccc(Cl)c(NC(=O)CC(=O)c2ccccc2)c1. The van der Waals surface area contributed by atoms with E-state index in [1.165, 1.54) is 18.2 Å². The second kappa shape index (κ2) is 8.44. The molecule has 0 bridgehead atoms. The maximum absolute atomic E-state index is 12.1. The minimum atomic E-state index is -0.512. The number of halogens is 1. The van der Waals surface area contributed by atoms with E-state index in [0.717, 1.165) is 0 Å². The number of amides is 1. The third-order valence-electron chi connectivity index (χ3n) is 3.24. The molecule has 2 aromatic carbocycles. The smallest absolute Gasteiger partial charge is 0.338 e. The Hall–Kier alpha value is -2.66. The molecule has 1 N–H and O–H groups in total. The Morgan fingerprint density at radius 1 is 1.04 bits per heavy atom. The molecule has 0 unspecified atom stereocenters. The van der Waals surface area contributed by atoms with E-state index in [2.05, 4.69) is 5.32 Å². The monoisotopic (exact) mass is 359 g/mol. The highest BCUT2D eigenvalue weighted by Gasteiger charge is 2.15. The van der Waals surface area contributed by atoms with E-state index >= 15 is 0 Å². The fraction of sp³-hybridized carbons (Fsp3) is 0.211. The van der Waals surface area contributed by atoms with E-state index < -0.39 is 11.9 Å². The van der Waals surface area contributed by atoms with Crippen molar-refractivity contribution >= 4 is 34.9 Å². The first kappa shape index (κ1) is 18.7. The lowest BCUT2D eigenvalue weighted by Gasteiger charge is -2.11. The molecule has 1 amide bonds. The second-order valence-electron chi connectivity index (χ2n) is 5.66. The number of rotatable bonds is 6. The van der Waals surface area contributed by atoms with Gasteiger partial charge in [-0.1, -0.05) is 41.9 Å². The van der Waals surface area contributed by atoms with Gasteiger partial charge in [-0.2, -0.15) is 0 Å². The van der Waals surface area contributed by atoms with Crippen LogP contribution in [0.2, 0.25) is 5.02 Å². The van der Waals surface area contributed by atoms with Gasteiger partial charge in [0.05, 0.1) is 28.8 Å². The lowest BCUT2D eigenvalue weighted by molar-refractivity contribution is -0.115. The average Bonchev–Trinajstić information content (AvgIpc) is 2.56. The van der Waals surface area contributed by atoms with Crippen molar-refractivity contribution in [1.82, 2.24) is 0 Å². The number of carbonyl (C=O) groups excluding carboxylic acids is 3. The van der Waals surface area contributed by atoms with Gasteiger partial charge in [0.1, 0.15) is 0 Å². The van der Waals surface area contributed by atoms with Crippen molar-refractivity contribution < 1.29 is 19.1 Å². The third-order valence-corrected chi connectivity index (χ3v) is 3.57. The lowest BCUT2D eigenvalue weighted by Crippen LogP contribution is -2.17. The molecule has 0 aliphatic rings. The summed E-state index contributed by atoms with van der Waals surface area (Å²) in [6.07, 6.45) is -0.578. The number of ether oxygens (including phenoxy) is 1. The summed E-state index contributed by atoms with van der Waals surface area (Å²) in [7, 11) is 0. The van der Waals surface area contributed by atoms with Crippen molar-refractivity contribution in [2.45, 2.75) is 26.4 Å². The molecule has 25 heavy (non-hydrogen) atoms. The highest BCUT2D eigenvalue weighted by molar-refractivity contribution is 6.34. The first-order chi connectivity index (χ1) is 11.9. The Labute approximate surface area is 150 Å². The van der Waals surface area contributed by atoms with E-state index in [-0.39, 0.29) is 34.6 Å². The normalized spacial score (nSPS) is 10.4. The van der Waals surface area contributed by atoms with E-state index in [4.69, 9.17) is 16.3 Å². The summed E-state index contributed by atoms with van der Waals surface area (Å²) in [5.74, 6) is -1.32. The molecular formula is C19H18ClNO4. The van der Waals surface area contributed by atoms with Crippen LogP contribution in [0, 0.1) is 0 Å². The predicted octanol–water partition coefficient (Wildman–Crippen LogP) is 4.12. The average molecular weight is 360 g/mol. The molecule has 5 nitrogen and oxygen atoms in total. The summed E-state index contributed by atoms with van der Waals surface area (Å²) >= 11 is 6.05. The summed E-state index contributed by atoms with van der Waals surface area (Å²) in [5.41, 5.74) is 0.978. The summed E-state index contributed by atoms with van der Waals surface area (Å²) in [6.45, 7) is 3.48. The number of esters is 1. The molecule has 0 saturated carbocycles. The molecule has 2 rings (SSSR count). The van der Waals surface area contributed by atoms with Crippen LogP contribution in [0.4, 0.5) is 5.69 Å². The fourth-order valence-electron chi connectivity index (χ4n) is 2.10. The number of ketones is 1. The van der Waals surface area contributed by atoms with Crippen LogP contribution < -0.4 is 5.32 Å². The predicted molar refractivity (Wildman–Crippen MR) is 96.0 cm³/mol. The molecule has 0 heterocycles. The van der Waals surface area contributed by atoms with Crippen molar-refractivity contribution in [3.63, 3.8) is 0 Å². The summed E-state index contributed by atoms with van der Waals surface area (Å²) in [6, 6.07) is 13.0. The van der Waals surface area contributed by atoms with Crippen molar-refractivity contribution in [2.75, 3.05) is 5.32 Å². The highest BCUT2D eigenvalue weighted by Crippen LogP contribution is 2.24. The minimum absolute atomic E-state index is 0.255. The van der Waals surface area contributed by atoms with Crippen LogP contribution >= 0.6 is 11.6 Å². The highest BCUT2D eigenvalue weighted by atomic mass is 35.5. The maximum atomic E-state index is 12.1. The Morgan fingerprint density at radius 2 is 1.72 bits per heavy atom. The van der Waals surface area contributed by atoms with Gasteiger partial charge in [0.25, 0.3) is 0 Å². The van der Waals surface area contributed by atoms with Crippen LogP contribution in [0.1, 0.15) is 41.0 Å². The first-order valence-electron chi connectivity index (χ1n) is 7.75. The van der Waals surface area contributed by atoms with Crippen molar-refractivity contribution in [3.8, 4) is 0 Å². The topological polar surface area (TPSA) is 72.5 Å². The quantitative estimate of drug-likeness (QED) is 0.478. The number of benzene rings is 2. The molecule has 0 aliphatic heterocycles.